The Morgan fingerprint density at radius 3 is 2.91 bits per heavy atom. The van der Waals surface area contributed by atoms with E-state index in [9.17, 15) is 4.57 Å². The lowest BCUT2D eigenvalue weighted by Gasteiger charge is -2.28. The smallest absolute Gasteiger partial charge is 0.342 e. The highest BCUT2D eigenvalue weighted by atomic mass is 31.2. The van der Waals surface area contributed by atoms with Crippen molar-refractivity contribution in [2.24, 2.45) is 0 Å². The lowest BCUT2D eigenvalue weighted by Crippen LogP contribution is -2.35. The van der Waals surface area contributed by atoms with Crippen LogP contribution in [0.15, 0.2) is 0 Å². The van der Waals surface area contributed by atoms with Crippen molar-refractivity contribution in [3.8, 4) is 0 Å². The highest BCUT2D eigenvalue weighted by Crippen LogP contribution is 2.44. The molecule has 1 saturated heterocycles. The fraction of sp³-hybridized carbons (Fsp3) is 1.00. The highest BCUT2D eigenvalue weighted by Gasteiger charge is 2.27. The Balaban J connectivity index is 2.40. The minimum atomic E-state index is -3.36. The van der Waals surface area contributed by atoms with Crippen LogP contribution in [0.3, 0.4) is 0 Å². The average molecular weight is 181 g/mol. The predicted octanol–water partition coefficient (Wildman–Crippen LogP) is -0.546. The summed E-state index contributed by atoms with van der Waals surface area (Å²) in [5.41, 5.74) is 0. The molecule has 1 fully saturated rings. The van der Waals surface area contributed by atoms with Crippen LogP contribution < -0.4 is 0 Å². The van der Waals surface area contributed by atoms with Gasteiger partial charge >= 0.3 is 7.60 Å². The van der Waals surface area contributed by atoms with Gasteiger partial charge in [-0.15, -0.1) is 0 Å². The van der Waals surface area contributed by atoms with Gasteiger partial charge in [0.05, 0.1) is 13.2 Å². The molecule has 0 radical (unpaired) electrons. The molecule has 0 saturated carbocycles. The third-order valence-electron chi connectivity index (χ3n) is 1.50. The van der Waals surface area contributed by atoms with Crippen molar-refractivity contribution in [1.82, 2.24) is 4.90 Å². The number of aliphatic hydroxyl groups excluding tert-OH is 1. The zero-order chi connectivity index (χ0) is 8.32. The summed E-state index contributed by atoms with van der Waals surface area (Å²) in [6.45, 7) is 1.34. The fourth-order valence-electron chi connectivity index (χ4n) is 1.00. The number of rotatable bonds is 2. The molecule has 1 atom stereocenters. The monoisotopic (exact) mass is 181 g/mol. The first-order valence-electron chi connectivity index (χ1n) is 3.43. The minimum absolute atomic E-state index is 0.0139. The van der Waals surface area contributed by atoms with Crippen LogP contribution in [0.4, 0.5) is 0 Å². The molecule has 1 aliphatic rings. The van der Waals surface area contributed by atoms with Gasteiger partial charge in [-0.3, -0.25) is 9.46 Å². The summed E-state index contributed by atoms with van der Waals surface area (Å²) >= 11 is 0. The second-order valence-electron chi connectivity index (χ2n) is 2.45. The Hall–Kier alpha value is 0.0700. The Labute approximate surface area is 65.1 Å². The van der Waals surface area contributed by atoms with E-state index in [0.29, 0.717) is 13.1 Å². The Morgan fingerprint density at radius 2 is 2.36 bits per heavy atom. The zero-order valence-electron chi connectivity index (χ0n) is 6.14. The molecule has 0 aromatic rings. The Bertz CT molecular complexity index is 172. The molecule has 5 nitrogen and oxygen atoms in total. The molecule has 66 valence electrons. The zero-order valence-corrected chi connectivity index (χ0v) is 7.04. The van der Waals surface area contributed by atoms with E-state index in [1.165, 1.54) is 0 Å². The number of hydrogen-bond acceptors (Lipinski definition) is 4. The Kier molecular flexibility index (Phi) is 3.04. The van der Waals surface area contributed by atoms with Gasteiger partial charge in [-0.05, 0) is 0 Å². The van der Waals surface area contributed by atoms with Gasteiger partial charge in [0.1, 0.15) is 6.29 Å². The minimum Gasteiger partial charge on any atom is -0.395 e. The van der Waals surface area contributed by atoms with Crippen LogP contribution in [0, 0.1) is 0 Å². The maximum absolute atomic E-state index is 10.9. The van der Waals surface area contributed by atoms with Crippen molar-refractivity contribution in [3.63, 3.8) is 0 Å². The number of β-amino-alcohol motifs (C(OH)–C–C–N with tert-alkyl or cyclic N) is 1. The van der Waals surface area contributed by atoms with Crippen LogP contribution in [0.5, 0.6) is 0 Å². The van der Waals surface area contributed by atoms with Crippen molar-refractivity contribution < 1.29 is 19.1 Å². The van der Waals surface area contributed by atoms with Crippen molar-refractivity contribution in [1.29, 1.82) is 0 Å². The summed E-state index contributed by atoms with van der Waals surface area (Å²) in [6.07, 6.45) is 0.0353. The van der Waals surface area contributed by atoms with Crippen LogP contribution in [0.25, 0.3) is 0 Å². The van der Waals surface area contributed by atoms with Gasteiger partial charge in [-0.1, -0.05) is 0 Å². The summed E-state index contributed by atoms with van der Waals surface area (Å²) in [5.74, 6) is 0. The van der Waals surface area contributed by atoms with Crippen molar-refractivity contribution >= 4 is 7.60 Å². The SMILES string of the molecule is O=P1(O)CN(CCO)CCO1. The quantitative estimate of drug-likeness (QED) is 0.559. The second-order valence-corrected chi connectivity index (χ2v) is 4.27. The molecule has 0 spiro atoms. The predicted molar refractivity (Wildman–Crippen MR) is 39.3 cm³/mol. The van der Waals surface area contributed by atoms with Gasteiger partial charge in [0, 0.05) is 13.1 Å². The number of hydrogen-bond donors (Lipinski definition) is 2. The van der Waals surface area contributed by atoms with Crippen LogP contribution in [-0.2, 0) is 9.09 Å². The number of aliphatic hydroxyl groups is 1. The van der Waals surface area contributed by atoms with Crippen LogP contribution in [-0.4, -0.2) is 47.5 Å². The summed E-state index contributed by atoms with van der Waals surface area (Å²) in [4.78, 5) is 10.7. The molecular weight excluding hydrogens is 169 g/mol. The molecular formula is C5H12NO4P. The molecule has 6 heteroatoms. The summed E-state index contributed by atoms with van der Waals surface area (Å²) in [6, 6.07) is 0. The first-order valence-corrected chi connectivity index (χ1v) is 5.20. The van der Waals surface area contributed by atoms with Crippen molar-refractivity contribution in [2.45, 2.75) is 0 Å². The van der Waals surface area contributed by atoms with Gasteiger partial charge in [0.2, 0.25) is 0 Å². The first-order chi connectivity index (χ1) is 5.14. The molecule has 1 rings (SSSR count). The van der Waals surface area contributed by atoms with Gasteiger partial charge in [0.25, 0.3) is 0 Å². The molecule has 1 unspecified atom stereocenters. The highest BCUT2D eigenvalue weighted by molar-refractivity contribution is 7.52. The molecule has 0 aromatic heterocycles. The van der Waals surface area contributed by atoms with Gasteiger partial charge in [-0.2, -0.15) is 0 Å². The van der Waals surface area contributed by atoms with Crippen molar-refractivity contribution in [2.75, 3.05) is 32.6 Å². The second kappa shape index (κ2) is 3.65. The van der Waals surface area contributed by atoms with E-state index in [1.54, 1.807) is 4.90 Å². The van der Waals surface area contributed by atoms with Crippen LogP contribution in [0.2, 0.25) is 0 Å². The molecule has 11 heavy (non-hydrogen) atoms. The molecule has 0 bridgehead atoms. The van der Waals surface area contributed by atoms with E-state index >= 15 is 0 Å². The molecule has 1 aliphatic heterocycles. The Morgan fingerprint density at radius 1 is 1.64 bits per heavy atom. The summed E-state index contributed by atoms with van der Waals surface area (Å²) < 4.78 is 15.6. The third-order valence-corrected chi connectivity index (χ3v) is 2.84. The molecule has 1 heterocycles. The van der Waals surface area contributed by atoms with Gasteiger partial charge < -0.3 is 14.5 Å². The van der Waals surface area contributed by atoms with Gasteiger partial charge in [-0.25, -0.2) is 0 Å². The molecule has 2 N–H and O–H groups in total. The lowest BCUT2D eigenvalue weighted by molar-refractivity contribution is 0.136. The van der Waals surface area contributed by atoms with E-state index in [2.05, 4.69) is 4.52 Å². The molecule has 0 amide bonds. The topological polar surface area (TPSA) is 70.0 Å². The first kappa shape index (κ1) is 9.16. The van der Waals surface area contributed by atoms with E-state index in [0.717, 1.165) is 0 Å². The normalized spacial score (nSPS) is 34.0. The maximum Gasteiger partial charge on any atom is 0.342 e. The van der Waals surface area contributed by atoms with E-state index in [4.69, 9.17) is 10.00 Å². The van der Waals surface area contributed by atoms with E-state index in [1.807, 2.05) is 0 Å². The lowest BCUT2D eigenvalue weighted by atomic mass is 10.5. The maximum atomic E-state index is 10.9. The van der Waals surface area contributed by atoms with Crippen LogP contribution >= 0.6 is 7.60 Å². The average Bonchev–Trinajstić information content (AvgIpc) is 1.85. The third kappa shape index (κ3) is 2.89. The largest absolute Gasteiger partial charge is 0.395 e. The van der Waals surface area contributed by atoms with Crippen molar-refractivity contribution in [3.05, 3.63) is 0 Å². The molecule has 0 aromatic carbocycles. The fourth-order valence-corrected chi connectivity index (χ4v) is 2.24. The summed E-state index contributed by atoms with van der Waals surface area (Å²) in [5, 5.41) is 8.53. The molecule has 0 aliphatic carbocycles. The number of nitrogens with zero attached hydrogens (tertiary/aromatic N) is 1. The van der Waals surface area contributed by atoms with Gasteiger partial charge in [0.15, 0.2) is 0 Å². The van der Waals surface area contributed by atoms with Crippen LogP contribution in [0.1, 0.15) is 0 Å². The van der Waals surface area contributed by atoms with E-state index < -0.39 is 7.60 Å². The summed E-state index contributed by atoms with van der Waals surface area (Å²) in [7, 11) is -3.36. The van der Waals surface area contributed by atoms with E-state index in [-0.39, 0.29) is 19.5 Å². The standard InChI is InChI=1S/C5H12NO4P/c7-3-1-6-2-4-10-11(8,9)5-6/h7H,1-5H2,(H,8,9).